The lowest BCUT2D eigenvalue weighted by atomic mass is 10.2. The minimum Gasteiger partial charge on any atom is -0.497 e. The maximum atomic E-state index is 12.6. The summed E-state index contributed by atoms with van der Waals surface area (Å²) in [6.07, 6.45) is -0.256. The van der Waals surface area contributed by atoms with Gasteiger partial charge in [0, 0.05) is 16.4 Å². The van der Waals surface area contributed by atoms with Crippen LogP contribution in [0.15, 0.2) is 77.7 Å². The number of halogens is 1. The summed E-state index contributed by atoms with van der Waals surface area (Å²) in [5.74, 6) is 0.899. The van der Waals surface area contributed by atoms with Gasteiger partial charge in [-0.1, -0.05) is 18.5 Å². The molecule has 3 aromatic rings. The summed E-state index contributed by atoms with van der Waals surface area (Å²) in [6.45, 7) is 1.84. The number of anilines is 2. The third-order valence-corrected chi connectivity index (χ3v) is 6.18. The normalized spacial score (nSPS) is 12.0. The molecule has 0 aliphatic rings. The number of carbonyl (C=O) groups excluding carboxylic acids is 1. The SMILES string of the molecule is CC[C@@H](Oc1ccc(OC)cc1)C(=O)Nc1ccc(S(=O)(=O)Nc2ccc(Cl)cc2)cc1. The Hall–Kier alpha value is -3.23. The molecule has 0 bridgehead atoms. The fraction of sp³-hybridized carbons (Fsp3) is 0.174. The van der Waals surface area contributed by atoms with Gasteiger partial charge in [-0.3, -0.25) is 9.52 Å². The minimum atomic E-state index is -3.78. The number of nitrogens with one attached hydrogen (secondary N) is 2. The molecule has 0 aromatic heterocycles. The molecule has 0 heterocycles. The molecule has 1 atom stereocenters. The molecule has 0 fully saturated rings. The van der Waals surface area contributed by atoms with Crippen LogP contribution in [0.5, 0.6) is 11.5 Å². The first-order valence-electron chi connectivity index (χ1n) is 9.81. The third-order valence-electron chi connectivity index (χ3n) is 4.53. The summed E-state index contributed by atoms with van der Waals surface area (Å²) in [7, 11) is -2.21. The van der Waals surface area contributed by atoms with Gasteiger partial charge in [0.2, 0.25) is 0 Å². The summed E-state index contributed by atoms with van der Waals surface area (Å²) in [5.41, 5.74) is 0.852. The Morgan fingerprint density at radius 3 is 2.03 bits per heavy atom. The van der Waals surface area contributed by atoms with Crippen LogP contribution in [0.3, 0.4) is 0 Å². The van der Waals surface area contributed by atoms with Crippen LogP contribution in [-0.4, -0.2) is 27.5 Å². The largest absolute Gasteiger partial charge is 0.497 e. The van der Waals surface area contributed by atoms with Gasteiger partial charge in [0.1, 0.15) is 11.5 Å². The molecule has 0 aliphatic heterocycles. The number of hydrogen-bond acceptors (Lipinski definition) is 5. The zero-order valence-electron chi connectivity index (χ0n) is 17.5. The first kappa shape index (κ1) is 23.4. The van der Waals surface area contributed by atoms with Crippen molar-refractivity contribution in [3.8, 4) is 11.5 Å². The second-order valence-electron chi connectivity index (χ2n) is 6.82. The van der Waals surface area contributed by atoms with Gasteiger partial charge < -0.3 is 14.8 Å². The van der Waals surface area contributed by atoms with Crippen LogP contribution in [-0.2, 0) is 14.8 Å². The predicted octanol–water partition coefficient (Wildman–Crippen LogP) is 4.95. The summed E-state index contributed by atoms with van der Waals surface area (Å²) in [6, 6.07) is 19.1. The number of methoxy groups -OCH3 is 1. The van der Waals surface area contributed by atoms with Gasteiger partial charge >= 0.3 is 0 Å². The number of amides is 1. The van der Waals surface area contributed by atoms with Crippen LogP contribution >= 0.6 is 11.6 Å². The molecule has 0 saturated heterocycles. The van der Waals surface area contributed by atoms with Crippen molar-refractivity contribution >= 4 is 38.9 Å². The summed E-state index contributed by atoms with van der Waals surface area (Å²) < 4.78 is 38.5. The van der Waals surface area contributed by atoms with Crippen molar-refractivity contribution in [1.82, 2.24) is 0 Å². The van der Waals surface area contributed by atoms with E-state index in [1.165, 1.54) is 24.3 Å². The fourth-order valence-corrected chi connectivity index (χ4v) is 4.00. The van der Waals surface area contributed by atoms with E-state index in [0.717, 1.165) is 0 Å². The van der Waals surface area contributed by atoms with Crippen LogP contribution in [0.2, 0.25) is 5.02 Å². The molecule has 3 aromatic carbocycles. The molecule has 0 aliphatic carbocycles. The van der Waals surface area contributed by atoms with Crippen molar-refractivity contribution < 1.29 is 22.7 Å². The molecular weight excluding hydrogens is 452 g/mol. The van der Waals surface area contributed by atoms with Crippen LogP contribution in [0.4, 0.5) is 11.4 Å². The number of carbonyl (C=O) groups is 1. The van der Waals surface area contributed by atoms with E-state index in [0.29, 0.717) is 34.3 Å². The minimum absolute atomic E-state index is 0.0620. The van der Waals surface area contributed by atoms with Crippen LogP contribution in [0.25, 0.3) is 0 Å². The second-order valence-corrected chi connectivity index (χ2v) is 8.94. The zero-order chi connectivity index (χ0) is 23.1. The highest BCUT2D eigenvalue weighted by molar-refractivity contribution is 7.92. The first-order valence-corrected chi connectivity index (χ1v) is 11.7. The van der Waals surface area contributed by atoms with Gasteiger partial charge in [-0.25, -0.2) is 8.42 Å². The van der Waals surface area contributed by atoms with E-state index in [4.69, 9.17) is 21.1 Å². The molecule has 9 heteroatoms. The smallest absolute Gasteiger partial charge is 0.265 e. The second kappa shape index (κ2) is 10.4. The topological polar surface area (TPSA) is 93.7 Å². The number of rotatable bonds is 9. The van der Waals surface area contributed by atoms with Gasteiger partial charge in [-0.15, -0.1) is 0 Å². The number of ether oxygens (including phenoxy) is 2. The quantitative estimate of drug-likeness (QED) is 0.458. The Bertz CT molecular complexity index is 1150. The first-order chi connectivity index (χ1) is 15.3. The van der Waals surface area contributed by atoms with E-state index < -0.39 is 16.1 Å². The predicted molar refractivity (Wildman–Crippen MR) is 125 cm³/mol. The monoisotopic (exact) mass is 474 g/mol. The van der Waals surface area contributed by atoms with Crippen molar-refractivity contribution in [1.29, 1.82) is 0 Å². The van der Waals surface area contributed by atoms with Gasteiger partial charge in [0.05, 0.1) is 12.0 Å². The molecule has 32 heavy (non-hydrogen) atoms. The van der Waals surface area contributed by atoms with E-state index in [2.05, 4.69) is 10.0 Å². The highest BCUT2D eigenvalue weighted by Gasteiger charge is 2.19. The molecule has 2 N–H and O–H groups in total. The van der Waals surface area contributed by atoms with Gasteiger partial charge in [-0.05, 0) is 79.2 Å². The number of sulfonamides is 1. The van der Waals surface area contributed by atoms with Crippen molar-refractivity contribution in [3.63, 3.8) is 0 Å². The summed E-state index contributed by atoms with van der Waals surface area (Å²) in [4.78, 5) is 12.7. The molecule has 3 rings (SSSR count). The van der Waals surface area contributed by atoms with Crippen LogP contribution < -0.4 is 19.5 Å². The lowest BCUT2D eigenvalue weighted by Gasteiger charge is -2.17. The molecular formula is C23H23ClN2O5S. The van der Waals surface area contributed by atoms with Gasteiger partial charge in [-0.2, -0.15) is 0 Å². The van der Waals surface area contributed by atoms with E-state index in [9.17, 15) is 13.2 Å². The lowest BCUT2D eigenvalue weighted by molar-refractivity contribution is -0.122. The van der Waals surface area contributed by atoms with Crippen molar-refractivity contribution in [3.05, 3.63) is 77.8 Å². The fourth-order valence-electron chi connectivity index (χ4n) is 2.81. The lowest BCUT2D eigenvalue weighted by Crippen LogP contribution is -2.32. The third kappa shape index (κ3) is 6.15. The Labute approximate surface area is 192 Å². The van der Waals surface area contributed by atoms with Crippen molar-refractivity contribution in [2.45, 2.75) is 24.3 Å². The van der Waals surface area contributed by atoms with Crippen molar-refractivity contribution in [2.75, 3.05) is 17.1 Å². The molecule has 7 nitrogen and oxygen atoms in total. The average molecular weight is 475 g/mol. The average Bonchev–Trinajstić information content (AvgIpc) is 2.79. The zero-order valence-corrected chi connectivity index (χ0v) is 19.1. The Morgan fingerprint density at radius 2 is 1.47 bits per heavy atom. The molecule has 0 spiro atoms. The standard InChI is InChI=1S/C23H23ClN2O5S/c1-3-22(31-20-12-10-19(30-2)11-13-20)23(27)25-17-8-14-21(15-9-17)32(28,29)26-18-6-4-16(24)5-7-18/h4-15,22,26H,3H2,1-2H3,(H,25,27)/t22-/m1/s1. The van der Waals surface area contributed by atoms with Gasteiger partial charge in [0.25, 0.3) is 15.9 Å². The van der Waals surface area contributed by atoms with Crippen LogP contribution in [0, 0.1) is 0 Å². The number of hydrogen-bond donors (Lipinski definition) is 2. The van der Waals surface area contributed by atoms with E-state index in [-0.39, 0.29) is 10.8 Å². The van der Waals surface area contributed by atoms with E-state index in [1.54, 1.807) is 55.6 Å². The highest BCUT2D eigenvalue weighted by Crippen LogP contribution is 2.22. The Morgan fingerprint density at radius 1 is 0.906 bits per heavy atom. The Kier molecular flexibility index (Phi) is 7.61. The maximum Gasteiger partial charge on any atom is 0.265 e. The highest BCUT2D eigenvalue weighted by atomic mass is 35.5. The maximum absolute atomic E-state index is 12.6. The summed E-state index contributed by atoms with van der Waals surface area (Å²) in [5, 5.41) is 3.26. The molecule has 0 radical (unpaired) electrons. The molecule has 0 unspecified atom stereocenters. The number of benzene rings is 3. The van der Waals surface area contributed by atoms with E-state index in [1.807, 2.05) is 6.92 Å². The summed E-state index contributed by atoms with van der Waals surface area (Å²) >= 11 is 5.82. The van der Waals surface area contributed by atoms with E-state index >= 15 is 0 Å². The molecule has 1 amide bonds. The molecule has 168 valence electrons. The molecule has 0 saturated carbocycles. The van der Waals surface area contributed by atoms with Crippen molar-refractivity contribution in [2.24, 2.45) is 0 Å². The van der Waals surface area contributed by atoms with Gasteiger partial charge in [0.15, 0.2) is 6.10 Å². The Balaban J connectivity index is 1.64. The van der Waals surface area contributed by atoms with Crippen LogP contribution in [0.1, 0.15) is 13.3 Å².